The molecule has 222 valence electrons. The van der Waals surface area contributed by atoms with Gasteiger partial charge in [0.1, 0.15) is 11.4 Å². The van der Waals surface area contributed by atoms with Gasteiger partial charge in [-0.25, -0.2) is 4.90 Å². The molecule has 1 unspecified atom stereocenters. The Morgan fingerprint density at radius 3 is 2.30 bits per heavy atom. The largest absolute Gasteiger partial charge is 0.493 e. The van der Waals surface area contributed by atoms with Crippen LogP contribution < -0.4 is 20.3 Å². The van der Waals surface area contributed by atoms with Gasteiger partial charge < -0.3 is 15.4 Å². The summed E-state index contributed by atoms with van der Waals surface area (Å²) in [7, 11) is 0. The number of carbonyl (C=O) groups excluding carboxylic acids is 4. The molecule has 1 saturated heterocycles. The van der Waals surface area contributed by atoms with Gasteiger partial charge in [0.25, 0.3) is 11.8 Å². The van der Waals surface area contributed by atoms with E-state index in [1.807, 2.05) is 38.1 Å². The Morgan fingerprint density at radius 2 is 1.59 bits per heavy atom. The van der Waals surface area contributed by atoms with Crippen LogP contribution in [0.2, 0.25) is 0 Å². The van der Waals surface area contributed by atoms with E-state index in [-0.39, 0.29) is 23.9 Å². The molecule has 0 aromatic heterocycles. The molecular formula is C35H31N3O5S. The van der Waals surface area contributed by atoms with Crippen LogP contribution in [0.5, 0.6) is 5.75 Å². The number of nitrogens with one attached hydrogen (secondary N) is 2. The first-order valence-electron chi connectivity index (χ1n) is 14.1. The Morgan fingerprint density at radius 1 is 0.909 bits per heavy atom. The fourth-order valence-electron chi connectivity index (χ4n) is 4.63. The van der Waals surface area contributed by atoms with E-state index in [1.165, 1.54) is 16.7 Å². The number of thioether (sulfide) groups is 1. The molecule has 0 saturated carbocycles. The first-order chi connectivity index (χ1) is 21.3. The molecule has 1 aliphatic heterocycles. The normalized spacial score (nSPS) is 14.8. The van der Waals surface area contributed by atoms with Gasteiger partial charge in [0, 0.05) is 28.1 Å². The molecule has 44 heavy (non-hydrogen) atoms. The second-order valence-corrected chi connectivity index (χ2v) is 11.3. The molecular weight excluding hydrogens is 574 g/mol. The molecule has 0 aliphatic carbocycles. The molecule has 1 aliphatic rings. The van der Waals surface area contributed by atoms with Gasteiger partial charge in [-0.3, -0.25) is 19.2 Å². The van der Waals surface area contributed by atoms with E-state index in [4.69, 9.17) is 4.74 Å². The van der Waals surface area contributed by atoms with Gasteiger partial charge in [0.2, 0.25) is 11.8 Å². The SMILES string of the molecule is CCOc1ccccc1/C=C(\NC(=O)c1ccccc1)C(=O)Nc1ccc(SC2CC(=O)N(c3ccc(C)cc3)C2=O)cc1. The van der Waals surface area contributed by atoms with Gasteiger partial charge in [-0.15, -0.1) is 11.8 Å². The number of benzene rings is 4. The number of ether oxygens (including phenoxy) is 1. The highest BCUT2D eigenvalue weighted by Crippen LogP contribution is 2.34. The Balaban J connectivity index is 1.30. The molecule has 1 heterocycles. The summed E-state index contributed by atoms with van der Waals surface area (Å²) in [6.45, 7) is 4.26. The summed E-state index contributed by atoms with van der Waals surface area (Å²) in [6, 6.07) is 30.2. The maximum Gasteiger partial charge on any atom is 0.272 e. The zero-order valence-electron chi connectivity index (χ0n) is 24.3. The van der Waals surface area contributed by atoms with Crippen LogP contribution in [0.1, 0.15) is 34.8 Å². The Kier molecular flexibility index (Phi) is 9.56. The zero-order valence-corrected chi connectivity index (χ0v) is 25.1. The van der Waals surface area contributed by atoms with Crippen LogP contribution in [0.15, 0.2) is 114 Å². The number of imide groups is 1. The smallest absolute Gasteiger partial charge is 0.272 e. The van der Waals surface area contributed by atoms with Gasteiger partial charge >= 0.3 is 0 Å². The zero-order chi connectivity index (χ0) is 31.1. The maximum atomic E-state index is 13.5. The summed E-state index contributed by atoms with van der Waals surface area (Å²) in [4.78, 5) is 54.2. The average molecular weight is 606 g/mol. The highest BCUT2D eigenvalue weighted by Gasteiger charge is 2.40. The third kappa shape index (κ3) is 7.25. The van der Waals surface area contributed by atoms with Gasteiger partial charge in [-0.2, -0.15) is 0 Å². The van der Waals surface area contributed by atoms with Crippen molar-refractivity contribution >= 4 is 52.8 Å². The number of hydrogen-bond acceptors (Lipinski definition) is 6. The predicted molar refractivity (Wildman–Crippen MR) is 173 cm³/mol. The lowest BCUT2D eigenvalue weighted by Gasteiger charge is -2.15. The average Bonchev–Trinajstić information content (AvgIpc) is 3.31. The monoisotopic (exact) mass is 605 g/mol. The van der Waals surface area contributed by atoms with Gasteiger partial charge in [0.05, 0.1) is 17.5 Å². The third-order valence-corrected chi connectivity index (χ3v) is 8.03. The fraction of sp³-hybridized carbons (Fsp3) is 0.143. The molecule has 0 spiro atoms. The molecule has 8 nitrogen and oxygen atoms in total. The van der Waals surface area contributed by atoms with Gasteiger partial charge in [0.15, 0.2) is 0 Å². The van der Waals surface area contributed by atoms with Crippen LogP contribution in [-0.4, -0.2) is 35.5 Å². The summed E-state index contributed by atoms with van der Waals surface area (Å²) >= 11 is 1.31. The molecule has 1 atom stereocenters. The van der Waals surface area contributed by atoms with E-state index in [2.05, 4.69) is 10.6 Å². The molecule has 4 aromatic rings. The molecule has 5 rings (SSSR count). The topological polar surface area (TPSA) is 105 Å². The Labute approximate surface area is 260 Å². The maximum absolute atomic E-state index is 13.5. The number of rotatable bonds is 10. The minimum atomic E-state index is -0.544. The number of para-hydroxylation sites is 1. The van der Waals surface area contributed by atoms with Crippen molar-refractivity contribution in [2.45, 2.75) is 30.4 Å². The molecule has 1 fully saturated rings. The Hall–Kier alpha value is -5.15. The second-order valence-electron chi connectivity index (χ2n) is 10.0. The first-order valence-corrected chi connectivity index (χ1v) is 15.0. The summed E-state index contributed by atoms with van der Waals surface area (Å²) < 4.78 is 5.70. The highest BCUT2D eigenvalue weighted by molar-refractivity contribution is 8.00. The van der Waals surface area contributed by atoms with Crippen molar-refractivity contribution in [1.82, 2.24) is 5.32 Å². The minimum Gasteiger partial charge on any atom is -0.493 e. The first kappa shape index (κ1) is 30.3. The standard InChI is InChI=1S/C35H31N3O5S/c1-3-43-30-12-8-7-11-25(30)21-29(37-33(40)24-9-5-4-6-10-24)34(41)36-26-15-19-28(20-16-26)44-31-22-32(39)38(35(31)42)27-17-13-23(2)14-18-27/h4-21,31H,3,22H2,1-2H3,(H,36,41)(H,37,40)/b29-21-. The number of hydrogen-bond donors (Lipinski definition) is 2. The van der Waals surface area contributed by atoms with Crippen molar-refractivity contribution in [3.05, 3.63) is 126 Å². The quantitative estimate of drug-likeness (QED) is 0.164. The summed E-state index contributed by atoms with van der Waals surface area (Å²) in [6.07, 6.45) is 1.68. The fourth-order valence-corrected chi connectivity index (χ4v) is 5.68. The van der Waals surface area contributed by atoms with E-state index in [1.54, 1.807) is 84.9 Å². The van der Waals surface area contributed by atoms with Crippen molar-refractivity contribution in [2.75, 3.05) is 16.8 Å². The molecule has 4 aromatic carbocycles. The van der Waals surface area contributed by atoms with E-state index in [9.17, 15) is 19.2 Å². The van der Waals surface area contributed by atoms with Crippen molar-refractivity contribution in [1.29, 1.82) is 0 Å². The predicted octanol–water partition coefficient (Wildman–Crippen LogP) is 6.23. The lowest BCUT2D eigenvalue weighted by atomic mass is 10.1. The minimum absolute atomic E-state index is 0.0377. The number of carbonyl (C=O) groups is 4. The van der Waals surface area contributed by atoms with Crippen molar-refractivity contribution in [3.8, 4) is 5.75 Å². The summed E-state index contributed by atoms with van der Waals surface area (Å²) in [5.41, 5.74) is 3.19. The van der Waals surface area contributed by atoms with E-state index in [0.29, 0.717) is 34.9 Å². The van der Waals surface area contributed by atoms with Gasteiger partial charge in [-0.1, -0.05) is 54.1 Å². The summed E-state index contributed by atoms with van der Waals surface area (Å²) in [5.74, 6) is -0.855. The summed E-state index contributed by atoms with van der Waals surface area (Å²) in [5, 5.41) is 5.03. The molecule has 9 heteroatoms. The molecule has 4 amide bonds. The molecule has 0 radical (unpaired) electrons. The lowest BCUT2D eigenvalue weighted by molar-refractivity contribution is -0.121. The van der Waals surface area contributed by atoms with Crippen LogP contribution in [0, 0.1) is 6.92 Å². The third-order valence-electron chi connectivity index (χ3n) is 6.84. The van der Waals surface area contributed by atoms with Crippen LogP contribution in [0.25, 0.3) is 6.08 Å². The highest BCUT2D eigenvalue weighted by atomic mass is 32.2. The second kappa shape index (κ2) is 13.9. The van der Waals surface area contributed by atoms with E-state index in [0.717, 1.165) is 10.5 Å². The van der Waals surface area contributed by atoms with E-state index < -0.39 is 17.1 Å². The van der Waals surface area contributed by atoms with Crippen LogP contribution in [0.4, 0.5) is 11.4 Å². The number of amides is 4. The molecule has 2 N–H and O–H groups in total. The number of nitrogens with zero attached hydrogens (tertiary/aromatic N) is 1. The van der Waals surface area contributed by atoms with Crippen LogP contribution >= 0.6 is 11.8 Å². The van der Waals surface area contributed by atoms with Crippen LogP contribution in [-0.2, 0) is 14.4 Å². The van der Waals surface area contributed by atoms with Crippen molar-refractivity contribution < 1.29 is 23.9 Å². The number of anilines is 2. The van der Waals surface area contributed by atoms with Crippen molar-refractivity contribution in [3.63, 3.8) is 0 Å². The lowest BCUT2D eigenvalue weighted by Crippen LogP contribution is -2.31. The van der Waals surface area contributed by atoms with Crippen LogP contribution in [0.3, 0.4) is 0 Å². The van der Waals surface area contributed by atoms with E-state index >= 15 is 0 Å². The van der Waals surface area contributed by atoms with Crippen molar-refractivity contribution in [2.24, 2.45) is 0 Å². The Bertz CT molecular complexity index is 1700. The van der Waals surface area contributed by atoms with Gasteiger partial charge in [-0.05, 0) is 74.5 Å². The number of aryl methyl sites for hydroxylation is 1. The molecule has 0 bridgehead atoms.